The van der Waals surface area contributed by atoms with E-state index in [0.717, 1.165) is 11.3 Å². The summed E-state index contributed by atoms with van der Waals surface area (Å²) in [5, 5.41) is 18.9. The number of nitriles is 1. The Balaban J connectivity index is 1.82. The molecular formula is C18H16ClN7O. The number of aromatic nitrogens is 4. The highest BCUT2D eigenvalue weighted by molar-refractivity contribution is 6.32. The molecule has 3 rings (SSSR count). The molecule has 1 amide bonds. The molecule has 2 N–H and O–H groups in total. The third-order valence-electron chi connectivity index (χ3n) is 3.67. The summed E-state index contributed by atoms with van der Waals surface area (Å²) in [6, 6.07) is 8.19. The summed E-state index contributed by atoms with van der Waals surface area (Å²) >= 11 is 6.24. The predicted octanol–water partition coefficient (Wildman–Crippen LogP) is 2.92. The lowest BCUT2D eigenvalue weighted by atomic mass is 10.1. The lowest BCUT2D eigenvalue weighted by molar-refractivity contribution is 0.0948. The zero-order chi connectivity index (χ0) is 19.4. The van der Waals surface area contributed by atoms with Crippen LogP contribution < -0.4 is 10.6 Å². The van der Waals surface area contributed by atoms with E-state index in [9.17, 15) is 4.79 Å². The van der Waals surface area contributed by atoms with Crippen LogP contribution in [0.25, 0.3) is 11.3 Å². The van der Waals surface area contributed by atoms with Crippen molar-refractivity contribution < 1.29 is 4.79 Å². The van der Waals surface area contributed by atoms with E-state index in [1.807, 2.05) is 13.1 Å². The molecule has 0 aliphatic rings. The summed E-state index contributed by atoms with van der Waals surface area (Å²) in [5.74, 6) is 0.0652. The maximum Gasteiger partial charge on any atom is 0.252 e. The third-order valence-corrected chi connectivity index (χ3v) is 3.94. The number of aryl methyl sites for hydroxylation is 1. The van der Waals surface area contributed by atoms with Gasteiger partial charge in [-0.3, -0.25) is 9.48 Å². The third kappa shape index (κ3) is 4.40. The maximum atomic E-state index is 12.1. The first kappa shape index (κ1) is 18.4. The number of halogens is 1. The van der Waals surface area contributed by atoms with Crippen LogP contribution in [-0.4, -0.2) is 31.7 Å². The fraction of sp³-hybridized carbons (Fsp3) is 0.167. The van der Waals surface area contributed by atoms with Crippen LogP contribution in [0.2, 0.25) is 5.02 Å². The minimum atomic E-state index is -0.561. The van der Waals surface area contributed by atoms with Gasteiger partial charge in [0.05, 0.1) is 34.9 Å². The van der Waals surface area contributed by atoms with Crippen LogP contribution in [0.15, 0.2) is 42.9 Å². The van der Waals surface area contributed by atoms with Crippen LogP contribution >= 0.6 is 11.6 Å². The molecule has 2 heterocycles. The first-order valence-electron chi connectivity index (χ1n) is 8.05. The zero-order valence-electron chi connectivity index (χ0n) is 14.6. The number of hydrogen-bond donors (Lipinski definition) is 2. The van der Waals surface area contributed by atoms with E-state index in [1.165, 1.54) is 6.20 Å². The molecule has 9 heteroatoms. The van der Waals surface area contributed by atoms with Gasteiger partial charge in [0.1, 0.15) is 6.04 Å². The molecule has 1 atom stereocenters. The molecule has 0 unspecified atom stereocenters. The Morgan fingerprint density at radius 1 is 1.30 bits per heavy atom. The highest BCUT2D eigenvalue weighted by Crippen LogP contribution is 2.27. The zero-order valence-corrected chi connectivity index (χ0v) is 15.4. The van der Waals surface area contributed by atoms with Gasteiger partial charge in [-0.2, -0.15) is 10.4 Å². The summed E-state index contributed by atoms with van der Waals surface area (Å²) in [7, 11) is 1.81. The molecule has 0 spiro atoms. The van der Waals surface area contributed by atoms with Gasteiger partial charge in [0.25, 0.3) is 5.91 Å². The summed E-state index contributed by atoms with van der Waals surface area (Å²) in [6.07, 6.45) is 4.97. The van der Waals surface area contributed by atoms with Gasteiger partial charge in [-0.1, -0.05) is 23.7 Å². The van der Waals surface area contributed by atoms with Gasteiger partial charge in [0, 0.05) is 24.4 Å². The van der Waals surface area contributed by atoms with Crippen molar-refractivity contribution in [1.29, 1.82) is 5.26 Å². The minimum absolute atomic E-state index is 0.316. The van der Waals surface area contributed by atoms with Crippen molar-refractivity contribution in [3.05, 3.63) is 53.4 Å². The van der Waals surface area contributed by atoms with Crippen LogP contribution in [0.1, 0.15) is 17.3 Å². The van der Waals surface area contributed by atoms with E-state index >= 15 is 0 Å². The van der Waals surface area contributed by atoms with Crippen molar-refractivity contribution in [3.8, 4) is 17.3 Å². The molecule has 8 nitrogen and oxygen atoms in total. The van der Waals surface area contributed by atoms with E-state index in [4.69, 9.17) is 16.9 Å². The van der Waals surface area contributed by atoms with Crippen LogP contribution in [0.4, 0.5) is 11.6 Å². The summed E-state index contributed by atoms with van der Waals surface area (Å²) < 4.78 is 1.66. The Bertz CT molecular complexity index is 1010. The number of anilines is 2. The van der Waals surface area contributed by atoms with E-state index < -0.39 is 6.04 Å². The molecule has 2 aromatic heterocycles. The highest BCUT2D eigenvalue weighted by atomic mass is 35.5. The number of carbonyl (C=O) groups is 1. The first-order chi connectivity index (χ1) is 13.0. The van der Waals surface area contributed by atoms with E-state index in [-0.39, 0.29) is 5.91 Å². The quantitative estimate of drug-likeness (QED) is 0.703. The van der Waals surface area contributed by atoms with Crippen LogP contribution in [0.3, 0.4) is 0 Å². The monoisotopic (exact) mass is 381 g/mol. The smallest absolute Gasteiger partial charge is 0.252 e. The number of nitrogens with zero attached hydrogens (tertiary/aromatic N) is 5. The highest BCUT2D eigenvalue weighted by Gasteiger charge is 2.12. The minimum Gasteiger partial charge on any atom is -0.337 e. The van der Waals surface area contributed by atoms with Gasteiger partial charge < -0.3 is 10.6 Å². The van der Waals surface area contributed by atoms with Crippen molar-refractivity contribution in [1.82, 2.24) is 25.1 Å². The molecule has 0 aliphatic carbocycles. The Morgan fingerprint density at radius 3 is 2.67 bits per heavy atom. The Kier molecular flexibility index (Phi) is 5.33. The van der Waals surface area contributed by atoms with E-state index in [0.29, 0.717) is 22.2 Å². The Morgan fingerprint density at radius 2 is 2.04 bits per heavy atom. The second kappa shape index (κ2) is 7.85. The number of carbonyl (C=O) groups excluding carboxylic acids is 1. The predicted molar refractivity (Wildman–Crippen MR) is 102 cm³/mol. The largest absolute Gasteiger partial charge is 0.337 e. The van der Waals surface area contributed by atoms with Crippen LogP contribution in [-0.2, 0) is 7.05 Å². The van der Waals surface area contributed by atoms with Gasteiger partial charge in [-0.05, 0) is 19.1 Å². The van der Waals surface area contributed by atoms with Crippen molar-refractivity contribution >= 4 is 29.1 Å². The maximum absolute atomic E-state index is 12.1. The van der Waals surface area contributed by atoms with Gasteiger partial charge >= 0.3 is 0 Å². The van der Waals surface area contributed by atoms with Gasteiger partial charge in [-0.15, -0.1) is 0 Å². The van der Waals surface area contributed by atoms with Gasteiger partial charge in [-0.25, -0.2) is 9.97 Å². The number of rotatable bonds is 5. The molecule has 27 heavy (non-hydrogen) atoms. The number of nitrogens with one attached hydrogen (secondary N) is 2. The van der Waals surface area contributed by atoms with Crippen molar-refractivity contribution in [2.75, 3.05) is 5.32 Å². The van der Waals surface area contributed by atoms with Crippen molar-refractivity contribution in [3.63, 3.8) is 0 Å². The van der Waals surface area contributed by atoms with Gasteiger partial charge in [0.2, 0.25) is 5.95 Å². The number of hydrogen-bond acceptors (Lipinski definition) is 6. The van der Waals surface area contributed by atoms with Crippen molar-refractivity contribution in [2.24, 2.45) is 7.05 Å². The average molecular weight is 382 g/mol. The van der Waals surface area contributed by atoms with Crippen LogP contribution in [0, 0.1) is 11.3 Å². The normalized spacial score (nSPS) is 11.5. The summed E-state index contributed by atoms with van der Waals surface area (Å²) in [5.41, 5.74) is 2.47. The molecule has 0 fully saturated rings. The Labute approximate surface area is 160 Å². The SMILES string of the molecule is C[C@H](C#N)NC(=O)c1ccc(-c2nc(Nc3cnn(C)c3)ncc2Cl)cc1. The molecule has 3 aromatic rings. The molecule has 0 radical (unpaired) electrons. The standard InChI is InChI=1S/C18H16ClN7O/c1-11(7-20)23-17(27)13-5-3-12(4-6-13)16-15(19)9-21-18(25-16)24-14-8-22-26(2)10-14/h3-6,8-11H,1-2H3,(H,23,27)(H,21,24,25)/t11-/m1/s1. The topological polar surface area (TPSA) is 109 Å². The average Bonchev–Trinajstić information content (AvgIpc) is 3.08. The molecule has 1 aromatic carbocycles. The number of amides is 1. The number of benzene rings is 1. The lowest BCUT2D eigenvalue weighted by Gasteiger charge is -2.09. The van der Waals surface area contributed by atoms with E-state index in [1.54, 1.807) is 48.3 Å². The fourth-order valence-corrected chi connectivity index (χ4v) is 2.54. The molecule has 0 saturated carbocycles. The summed E-state index contributed by atoms with van der Waals surface area (Å²) in [6.45, 7) is 1.61. The Hall–Kier alpha value is -3.44. The first-order valence-corrected chi connectivity index (χ1v) is 8.43. The van der Waals surface area contributed by atoms with Crippen LogP contribution in [0.5, 0.6) is 0 Å². The molecule has 136 valence electrons. The van der Waals surface area contributed by atoms with Crippen molar-refractivity contribution in [2.45, 2.75) is 13.0 Å². The molecule has 0 aliphatic heterocycles. The second-order valence-electron chi connectivity index (χ2n) is 5.82. The molecule has 0 saturated heterocycles. The molecule has 0 bridgehead atoms. The molecular weight excluding hydrogens is 366 g/mol. The van der Waals surface area contributed by atoms with Gasteiger partial charge in [0.15, 0.2) is 0 Å². The lowest BCUT2D eigenvalue weighted by Crippen LogP contribution is -2.31. The fourth-order valence-electron chi connectivity index (χ4n) is 2.34. The second-order valence-corrected chi connectivity index (χ2v) is 6.23. The summed E-state index contributed by atoms with van der Waals surface area (Å²) in [4.78, 5) is 20.7. The van der Waals surface area contributed by atoms with E-state index in [2.05, 4.69) is 25.7 Å².